The average Bonchev–Trinajstić information content (AvgIpc) is 2.10. The van der Waals surface area contributed by atoms with Crippen LogP contribution in [-0.2, 0) is 0 Å². The van der Waals surface area contributed by atoms with E-state index in [1.54, 1.807) is 6.92 Å². The van der Waals surface area contributed by atoms with Gasteiger partial charge in [0.15, 0.2) is 0 Å². The number of nitrogens with one attached hydrogen (secondary N) is 1. The van der Waals surface area contributed by atoms with Crippen molar-refractivity contribution in [2.24, 2.45) is 11.7 Å². The minimum atomic E-state index is -4.17. The van der Waals surface area contributed by atoms with Crippen molar-refractivity contribution in [3.05, 3.63) is 0 Å². The normalized spacial score (nSPS) is 16.8. The number of alkyl halides is 3. The van der Waals surface area contributed by atoms with Gasteiger partial charge in [-0.25, -0.2) is 0 Å². The van der Waals surface area contributed by atoms with E-state index >= 15 is 0 Å². The van der Waals surface area contributed by atoms with Gasteiger partial charge in [0, 0.05) is 12.1 Å². The van der Waals surface area contributed by atoms with Gasteiger partial charge in [-0.2, -0.15) is 13.2 Å². The second kappa shape index (κ2) is 5.70. The highest BCUT2D eigenvalue weighted by molar-refractivity contribution is 4.85. The Balaban J connectivity index is 4.07. The highest BCUT2D eigenvalue weighted by atomic mass is 19.4. The van der Waals surface area contributed by atoms with Gasteiger partial charge in [0.05, 0.1) is 6.54 Å². The van der Waals surface area contributed by atoms with Crippen molar-refractivity contribution in [3.63, 3.8) is 0 Å². The summed E-state index contributed by atoms with van der Waals surface area (Å²) in [5.41, 5.74) is 4.88. The molecular weight excluding hydrogens is 205 g/mol. The molecule has 0 saturated heterocycles. The highest BCUT2D eigenvalue weighted by Crippen LogP contribution is 2.19. The number of hydrogen-bond acceptors (Lipinski definition) is 2. The van der Waals surface area contributed by atoms with Crippen LogP contribution < -0.4 is 11.1 Å². The molecule has 0 amide bonds. The lowest BCUT2D eigenvalue weighted by atomic mass is 9.92. The summed E-state index contributed by atoms with van der Waals surface area (Å²) in [6.07, 6.45) is -2.63. The highest BCUT2D eigenvalue weighted by Gasteiger charge is 2.31. The van der Waals surface area contributed by atoms with Crippen LogP contribution in [0.15, 0.2) is 0 Å². The first kappa shape index (κ1) is 14.7. The second-order valence-corrected chi connectivity index (χ2v) is 4.67. The lowest BCUT2D eigenvalue weighted by molar-refractivity contribution is -0.128. The minimum absolute atomic E-state index is 0.218. The van der Waals surface area contributed by atoms with Gasteiger partial charge in [0.1, 0.15) is 0 Å². The molecule has 0 aliphatic rings. The summed E-state index contributed by atoms with van der Waals surface area (Å²) >= 11 is 0. The molecule has 1 unspecified atom stereocenters. The van der Waals surface area contributed by atoms with E-state index in [2.05, 4.69) is 5.32 Å². The van der Waals surface area contributed by atoms with Crippen LogP contribution in [0.3, 0.4) is 0 Å². The molecular formula is C10H21F3N2. The van der Waals surface area contributed by atoms with Gasteiger partial charge in [-0.3, -0.25) is 0 Å². The fraction of sp³-hybridized carbons (Fsp3) is 1.00. The second-order valence-electron chi connectivity index (χ2n) is 4.67. The Morgan fingerprint density at radius 1 is 1.27 bits per heavy atom. The summed E-state index contributed by atoms with van der Waals surface area (Å²) in [5, 5.41) is 2.49. The molecule has 0 radical (unpaired) electrons. The summed E-state index contributed by atoms with van der Waals surface area (Å²) in [7, 11) is 0. The topological polar surface area (TPSA) is 38.0 Å². The number of halogens is 3. The molecule has 1 atom stereocenters. The zero-order valence-electron chi connectivity index (χ0n) is 9.62. The molecule has 0 spiro atoms. The van der Waals surface area contributed by atoms with Crippen molar-refractivity contribution in [1.82, 2.24) is 5.32 Å². The van der Waals surface area contributed by atoms with Crippen molar-refractivity contribution >= 4 is 0 Å². The monoisotopic (exact) mass is 226 g/mol. The molecule has 0 aromatic heterocycles. The predicted octanol–water partition coefficient (Wildman–Crippen LogP) is 2.29. The predicted molar refractivity (Wildman–Crippen MR) is 55.6 cm³/mol. The van der Waals surface area contributed by atoms with E-state index in [0.29, 0.717) is 12.3 Å². The third-order valence-corrected chi connectivity index (χ3v) is 2.44. The summed E-state index contributed by atoms with van der Waals surface area (Å²) in [5.74, 6) is 0.476. The van der Waals surface area contributed by atoms with Gasteiger partial charge in [0.25, 0.3) is 0 Å². The molecule has 0 saturated carbocycles. The zero-order chi connectivity index (χ0) is 12.1. The van der Waals surface area contributed by atoms with Gasteiger partial charge in [0.2, 0.25) is 0 Å². The van der Waals surface area contributed by atoms with E-state index in [4.69, 9.17) is 5.73 Å². The Morgan fingerprint density at radius 2 is 1.80 bits per heavy atom. The summed E-state index contributed by atoms with van der Waals surface area (Å²) in [6, 6.07) is 0. The first-order valence-corrected chi connectivity index (χ1v) is 5.20. The molecule has 0 aliphatic carbocycles. The number of nitrogens with two attached hydrogens (primary N) is 1. The molecule has 92 valence electrons. The summed E-state index contributed by atoms with van der Waals surface area (Å²) in [4.78, 5) is 0. The van der Waals surface area contributed by atoms with Gasteiger partial charge in [-0.15, -0.1) is 0 Å². The first-order chi connectivity index (χ1) is 6.68. The van der Waals surface area contributed by atoms with Crippen LogP contribution in [0.1, 0.15) is 33.6 Å². The van der Waals surface area contributed by atoms with E-state index in [9.17, 15) is 13.2 Å². The summed E-state index contributed by atoms with van der Waals surface area (Å²) < 4.78 is 36.1. The quantitative estimate of drug-likeness (QED) is 0.729. The van der Waals surface area contributed by atoms with E-state index < -0.39 is 18.3 Å². The SMILES string of the molecule is CC(C)CCC(C)(CN)NCC(F)(F)F. The average molecular weight is 226 g/mol. The maximum atomic E-state index is 12.0. The maximum absolute atomic E-state index is 12.0. The third kappa shape index (κ3) is 7.62. The fourth-order valence-electron chi connectivity index (χ4n) is 1.18. The molecule has 0 heterocycles. The Morgan fingerprint density at radius 3 is 2.13 bits per heavy atom. The van der Waals surface area contributed by atoms with Gasteiger partial charge in [-0.05, 0) is 25.7 Å². The van der Waals surface area contributed by atoms with Crippen molar-refractivity contribution < 1.29 is 13.2 Å². The Bertz CT molecular complexity index is 180. The van der Waals surface area contributed by atoms with Crippen LogP contribution >= 0.6 is 0 Å². The van der Waals surface area contributed by atoms with Crippen molar-refractivity contribution in [2.45, 2.75) is 45.3 Å². The molecule has 0 rings (SSSR count). The first-order valence-electron chi connectivity index (χ1n) is 5.20. The van der Waals surface area contributed by atoms with Crippen LogP contribution in [0.2, 0.25) is 0 Å². The Kier molecular flexibility index (Phi) is 5.59. The van der Waals surface area contributed by atoms with Crippen LogP contribution in [0, 0.1) is 5.92 Å². The molecule has 2 nitrogen and oxygen atoms in total. The van der Waals surface area contributed by atoms with Crippen molar-refractivity contribution in [3.8, 4) is 0 Å². The lowest BCUT2D eigenvalue weighted by Crippen LogP contribution is -2.51. The van der Waals surface area contributed by atoms with E-state index in [1.165, 1.54) is 0 Å². The van der Waals surface area contributed by atoms with E-state index in [0.717, 1.165) is 6.42 Å². The van der Waals surface area contributed by atoms with Crippen molar-refractivity contribution in [1.29, 1.82) is 0 Å². The Hall–Kier alpha value is -0.290. The minimum Gasteiger partial charge on any atom is -0.329 e. The van der Waals surface area contributed by atoms with Crippen LogP contribution in [-0.4, -0.2) is 24.8 Å². The number of rotatable bonds is 6. The zero-order valence-corrected chi connectivity index (χ0v) is 9.62. The van der Waals surface area contributed by atoms with E-state index in [1.807, 2.05) is 13.8 Å². The van der Waals surface area contributed by atoms with Crippen LogP contribution in [0.25, 0.3) is 0 Å². The van der Waals surface area contributed by atoms with Crippen LogP contribution in [0.4, 0.5) is 13.2 Å². The molecule has 5 heteroatoms. The maximum Gasteiger partial charge on any atom is 0.401 e. The molecule has 0 aromatic carbocycles. The molecule has 0 aromatic rings. The van der Waals surface area contributed by atoms with Gasteiger partial charge in [-0.1, -0.05) is 13.8 Å². The molecule has 3 N–H and O–H groups in total. The molecule has 15 heavy (non-hydrogen) atoms. The van der Waals surface area contributed by atoms with Crippen LogP contribution in [0.5, 0.6) is 0 Å². The third-order valence-electron chi connectivity index (χ3n) is 2.44. The van der Waals surface area contributed by atoms with Gasteiger partial charge >= 0.3 is 6.18 Å². The molecule has 0 fully saturated rings. The number of hydrogen-bond donors (Lipinski definition) is 2. The van der Waals surface area contributed by atoms with Crippen molar-refractivity contribution in [2.75, 3.05) is 13.1 Å². The standard InChI is InChI=1S/C10H21F3N2/c1-8(2)4-5-9(3,6-14)15-7-10(11,12)13/h8,15H,4-7,14H2,1-3H3. The van der Waals surface area contributed by atoms with Gasteiger partial charge < -0.3 is 11.1 Å². The molecule has 0 bridgehead atoms. The molecule has 0 aliphatic heterocycles. The smallest absolute Gasteiger partial charge is 0.329 e. The fourth-order valence-corrected chi connectivity index (χ4v) is 1.18. The Labute approximate surface area is 89.4 Å². The largest absolute Gasteiger partial charge is 0.401 e. The van der Waals surface area contributed by atoms with E-state index in [-0.39, 0.29) is 6.54 Å². The summed E-state index contributed by atoms with van der Waals surface area (Å²) in [6.45, 7) is 5.07. The lowest BCUT2D eigenvalue weighted by Gasteiger charge is -2.30.